The van der Waals surface area contributed by atoms with E-state index in [0.717, 1.165) is 36.8 Å². The fraction of sp³-hybridized carbons (Fsp3) is 0.750. The van der Waals surface area contributed by atoms with E-state index in [1.165, 1.54) is 11.5 Å². The highest BCUT2D eigenvalue weighted by molar-refractivity contribution is 7.09. The second-order valence-corrected chi connectivity index (χ2v) is 5.42. The Morgan fingerprint density at radius 2 is 2.33 bits per heavy atom. The lowest BCUT2D eigenvalue weighted by atomic mass is 9.91. The summed E-state index contributed by atoms with van der Waals surface area (Å²) in [6.07, 6.45) is 3.94. The summed E-state index contributed by atoms with van der Waals surface area (Å²) in [6, 6.07) is 0. The number of aliphatic carboxylic acids is 1. The standard InChI is InChI=1S/C12H19N3O2S/c1-3-6-12(10(16)17)7-5-8-15(12)11-13-9(4-2)14-18-11/h3-8H2,1-2H3,(H,16,17). The van der Waals surface area contributed by atoms with Crippen molar-refractivity contribution < 1.29 is 9.90 Å². The molecule has 0 amide bonds. The van der Waals surface area contributed by atoms with Crippen LogP contribution in [0.1, 0.15) is 45.4 Å². The normalized spacial score (nSPS) is 23.6. The van der Waals surface area contributed by atoms with Crippen LogP contribution < -0.4 is 4.90 Å². The van der Waals surface area contributed by atoms with Gasteiger partial charge in [0.25, 0.3) is 0 Å². The Morgan fingerprint density at radius 3 is 2.89 bits per heavy atom. The number of aryl methyl sites for hydroxylation is 1. The smallest absolute Gasteiger partial charge is 0.329 e. The number of carboxylic acids is 1. The number of hydrogen-bond acceptors (Lipinski definition) is 5. The van der Waals surface area contributed by atoms with Gasteiger partial charge in [-0.15, -0.1) is 0 Å². The van der Waals surface area contributed by atoms with Gasteiger partial charge in [-0.2, -0.15) is 4.37 Å². The fourth-order valence-electron chi connectivity index (χ4n) is 2.66. The molecule has 1 atom stereocenters. The van der Waals surface area contributed by atoms with Gasteiger partial charge in [0, 0.05) is 24.5 Å². The second-order valence-electron chi connectivity index (χ2n) is 4.69. The Balaban J connectivity index is 2.32. The van der Waals surface area contributed by atoms with E-state index in [-0.39, 0.29) is 0 Å². The minimum Gasteiger partial charge on any atom is -0.479 e. The Hall–Kier alpha value is -1.17. The third-order valence-corrected chi connectivity index (χ3v) is 4.33. The Labute approximate surface area is 111 Å². The van der Waals surface area contributed by atoms with Crippen LogP contribution in [-0.2, 0) is 11.2 Å². The van der Waals surface area contributed by atoms with Gasteiger partial charge in [-0.3, -0.25) is 0 Å². The van der Waals surface area contributed by atoms with Gasteiger partial charge < -0.3 is 10.0 Å². The predicted molar refractivity (Wildman–Crippen MR) is 71.1 cm³/mol. The molecule has 1 aromatic heterocycles. The largest absolute Gasteiger partial charge is 0.479 e. The van der Waals surface area contributed by atoms with Crippen LogP contribution in [0.25, 0.3) is 0 Å². The molecular formula is C12H19N3O2S. The molecule has 0 aromatic carbocycles. The van der Waals surface area contributed by atoms with E-state index in [4.69, 9.17) is 0 Å². The lowest BCUT2D eigenvalue weighted by Gasteiger charge is -2.34. The summed E-state index contributed by atoms with van der Waals surface area (Å²) < 4.78 is 4.26. The number of nitrogens with zero attached hydrogens (tertiary/aromatic N) is 3. The van der Waals surface area contributed by atoms with Gasteiger partial charge in [0.2, 0.25) is 5.13 Å². The molecular weight excluding hydrogens is 250 g/mol. The van der Waals surface area contributed by atoms with Crippen molar-refractivity contribution in [3.63, 3.8) is 0 Å². The van der Waals surface area contributed by atoms with Crippen LogP contribution >= 0.6 is 11.5 Å². The van der Waals surface area contributed by atoms with Crippen LogP contribution in [0, 0.1) is 0 Å². The maximum Gasteiger partial charge on any atom is 0.329 e. The van der Waals surface area contributed by atoms with Crippen molar-refractivity contribution in [2.24, 2.45) is 0 Å². The van der Waals surface area contributed by atoms with Gasteiger partial charge in [-0.05, 0) is 19.3 Å². The van der Waals surface area contributed by atoms with Crippen molar-refractivity contribution in [3.05, 3.63) is 5.82 Å². The lowest BCUT2D eigenvalue weighted by Crippen LogP contribution is -2.50. The molecule has 1 N–H and O–H groups in total. The monoisotopic (exact) mass is 269 g/mol. The molecule has 2 rings (SSSR count). The molecule has 1 unspecified atom stereocenters. The van der Waals surface area contributed by atoms with Gasteiger partial charge in [0.15, 0.2) is 0 Å². The SMILES string of the molecule is CCCC1(C(=O)O)CCCN1c1nc(CC)ns1. The number of carboxylic acid groups (broad SMARTS) is 1. The average Bonchev–Trinajstić information content (AvgIpc) is 2.95. The van der Waals surface area contributed by atoms with Crippen molar-refractivity contribution in [1.82, 2.24) is 9.36 Å². The second kappa shape index (κ2) is 5.22. The van der Waals surface area contributed by atoms with Crippen LogP contribution in [0.5, 0.6) is 0 Å². The third-order valence-electron chi connectivity index (χ3n) is 3.55. The fourth-order valence-corrected chi connectivity index (χ4v) is 3.53. The molecule has 0 aliphatic carbocycles. The summed E-state index contributed by atoms with van der Waals surface area (Å²) in [5.74, 6) is 0.0767. The Bertz CT molecular complexity index is 435. The number of anilines is 1. The van der Waals surface area contributed by atoms with Crippen molar-refractivity contribution in [2.75, 3.05) is 11.4 Å². The van der Waals surface area contributed by atoms with Gasteiger partial charge in [-0.25, -0.2) is 9.78 Å². The predicted octanol–water partition coefficient (Wildman–Crippen LogP) is 2.32. The molecule has 2 heterocycles. The first kappa shape index (κ1) is 13.3. The third kappa shape index (κ3) is 2.09. The number of aromatic nitrogens is 2. The highest BCUT2D eigenvalue weighted by atomic mass is 32.1. The highest BCUT2D eigenvalue weighted by Gasteiger charge is 2.48. The van der Waals surface area contributed by atoms with Gasteiger partial charge in [0.05, 0.1) is 0 Å². The van der Waals surface area contributed by atoms with Crippen molar-refractivity contribution in [3.8, 4) is 0 Å². The molecule has 1 saturated heterocycles. The number of rotatable bonds is 5. The summed E-state index contributed by atoms with van der Waals surface area (Å²) in [5.41, 5.74) is -0.765. The van der Waals surface area contributed by atoms with E-state index in [9.17, 15) is 9.90 Å². The molecule has 0 radical (unpaired) electrons. The first-order valence-electron chi connectivity index (χ1n) is 6.47. The van der Waals surface area contributed by atoms with E-state index < -0.39 is 11.5 Å². The van der Waals surface area contributed by atoms with Gasteiger partial charge in [0.1, 0.15) is 11.4 Å². The van der Waals surface area contributed by atoms with E-state index in [1.54, 1.807) is 0 Å². The Morgan fingerprint density at radius 1 is 1.56 bits per heavy atom. The molecule has 100 valence electrons. The molecule has 6 heteroatoms. The van der Waals surface area contributed by atoms with E-state index in [0.29, 0.717) is 12.8 Å². The number of hydrogen-bond donors (Lipinski definition) is 1. The Kier molecular flexibility index (Phi) is 3.85. The summed E-state index contributed by atoms with van der Waals surface area (Å²) in [5, 5.41) is 10.4. The first-order chi connectivity index (χ1) is 8.64. The van der Waals surface area contributed by atoms with Crippen molar-refractivity contribution in [2.45, 2.75) is 51.5 Å². The molecule has 1 aliphatic rings. The molecule has 1 aliphatic heterocycles. The average molecular weight is 269 g/mol. The summed E-state index contributed by atoms with van der Waals surface area (Å²) in [7, 11) is 0. The van der Waals surface area contributed by atoms with Crippen molar-refractivity contribution >= 4 is 22.6 Å². The highest BCUT2D eigenvalue weighted by Crippen LogP contribution is 2.38. The summed E-state index contributed by atoms with van der Waals surface area (Å²) in [4.78, 5) is 18.1. The first-order valence-corrected chi connectivity index (χ1v) is 7.25. The lowest BCUT2D eigenvalue weighted by molar-refractivity contribution is -0.143. The minimum absolute atomic E-state index is 0.670. The van der Waals surface area contributed by atoms with E-state index >= 15 is 0 Å². The maximum atomic E-state index is 11.7. The molecule has 0 saturated carbocycles. The zero-order valence-electron chi connectivity index (χ0n) is 10.8. The molecule has 5 nitrogen and oxygen atoms in total. The minimum atomic E-state index is -0.765. The van der Waals surface area contributed by atoms with Crippen LogP contribution in [0.2, 0.25) is 0 Å². The quantitative estimate of drug-likeness (QED) is 0.888. The van der Waals surface area contributed by atoms with Crippen molar-refractivity contribution in [1.29, 1.82) is 0 Å². The molecule has 18 heavy (non-hydrogen) atoms. The summed E-state index contributed by atoms with van der Waals surface area (Å²) >= 11 is 1.32. The van der Waals surface area contributed by atoms with E-state index in [2.05, 4.69) is 9.36 Å². The maximum absolute atomic E-state index is 11.7. The van der Waals surface area contributed by atoms with Crippen LogP contribution in [-0.4, -0.2) is 32.5 Å². The summed E-state index contributed by atoms with van der Waals surface area (Å²) in [6.45, 7) is 4.80. The molecule has 0 bridgehead atoms. The van der Waals surface area contributed by atoms with Crippen LogP contribution in [0.15, 0.2) is 0 Å². The number of carbonyl (C=O) groups is 1. The van der Waals surface area contributed by atoms with Gasteiger partial charge >= 0.3 is 5.97 Å². The van der Waals surface area contributed by atoms with Crippen LogP contribution in [0.4, 0.5) is 5.13 Å². The zero-order valence-corrected chi connectivity index (χ0v) is 11.7. The molecule has 1 aromatic rings. The van der Waals surface area contributed by atoms with E-state index in [1.807, 2.05) is 18.7 Å². The molecule has 1 fully saturated rings. The topological polar surface area (TPSA) is 66.3 Å². The zero-order chi connectivity index (χ0) is 13.2. The van der Waals surface area contributed by atoms with Crippen LogP contribution in [0.3, 0.4) is 0 Å². The van der Waals surface area contributed by atoms with Gasteiger partial charge in [-0.1, -0.05) is 20.3 Å². The molecule has 0 spiro atoms.